The Morgan fingerprint density at radius 2 is 1.69 bits per heavy atom. The zero-order valence-electron chi connectivity index (χ0n) is 20.2. The topological polar surface area (TPSA) is 93.1 Å². The van der Waals surface area contributed by atoms with Gasteiger partial charge in [-0.25, -0.2) is 0 Å². The maximum atomic E-state index is 13.4. The zero-order valence-corrected chi connectivity index (χ0v) is 20.9. The highest BCUT2D eigenvalue weighted by atomic mass is 35.5. The van der Waals surface area contributed by atoms with Crippen LogP contribution in [0.15, 0.2) is 66.2 Å². The van der Waals surface area contributed by atoms with Crippen LogP contribution in [0.3, 0.4) is 0 Å². The Morgan fingerprint density at radius 3 is 2.31 bits per heavy atom. The lowest BCUT2D eigenvalue weighted by Crippen LogP contribution is -2.29. The van der Waals surface area contributed by atoms with Crippen LogP contribution in [0.25, 0.3) is 5.76 Å². The van der Waals surface area contributed by atoms with Crippen molar-refractivity contribution in [2.45, 2.75) is 26.8 Å². The molecule has 0 saturated carbocycles. The van der Waals surface area contributed by atoms with E-state index in [0.717, 1.165) is 11.1 Å². The van der Waals surface area contributed by atoms with E-state index in [1.54, 1.807) is 48.5 Å². The zero-order chi connectivity index (χ0) is 26.1. The lowest BCUT2D eigenvalue weighted by molar-refractivity contribution is -0.132. The van der Waals surface area contributed by atoms with Crippen molar-refractivity contribution in [2.75, 3.05) is 12.0 Å². The van der Waals surface area contributed by atoms with Gasteiger partial charge in [-0.15, -0.1) is 0 Å². The Hall–Kier alpha value is -4.10. The molecule has 4 rings (SSSR count). The van der Waals surface area contributed by atoms with Crippen molar-refractivity contribution in [2.24, 2.45) is 0 Å². The van der Waals surface area contributed by atoms with Gasteiger partial charge in [-0.3, -0.25) is 19.3 Å². The summed E-state index contributed by atoms with van der Waals surface area (Å²) in [5, 5.41) is 11.5. The van der Waals surface area contributed by atoms with E-state index in [9.17, 15) is 19.5 Å². The highest BCUT2D eigenvalue weighted by Gasteiger charge is 2.47. The average Bonchev–Trinajstić information content (AvgIpc) is 3.08. The van der Waals surface area contributed by atoms with Gasteiger partial charge in [0.1, 0.15) is 17.3 Å². The number of halogens is 1. The van der Waals surface area contributed by atoms with Crippen LogP contribution in [-0.4, -0.2) is 29.9 Å². The summed E-state index contributed by atoms with van der Waals surface area (Å²) in [6.45, 7) is 5.06. The fourth-order valence-corrected chi connectivity index (χ4v) is 4.64. The maximum Gasteiger partial charge on any atom is 0.308 e. The molecule has 0 bridgehead atoms. The molecule has 3 aromatic carbocycles. The van der Waals surface area contributed by atoms with Gasteiger partial charge in [-0.2, -0.15) is 0 Å². The van der Waals surface area contributed by atoms with Gasteiger partial charge in [-0.05, 0) is 73.0 Å². The Balaban J connectivity index is 1.96. The monoisotopic (exact) mass is 505 g/mol. The molecule has 0 spiro atoms. The minimum Gasteiger partial charge on any atom is -0.507 e. The largest absolute Gasteiger partial charge is 0.507 e. The molecule has 0 aromatic heterocycles. The van der Waals surface area contributed by atoms with Gasteiger partial charge in [0.25, 0.3) is 11.7 Å². The predicted octanol–water partition coefficient (Wildman–Crippen LogP) is 5.52. The van der Waals surface area contributed by atoms with E-state index >= 15 is 0 Å². The second-order valence-corrected chi connectivity index (χ2v) is 8.94. The van der Waals surface area contributed by atoms with E-state index in [4.69, 9.17) is 21.1 Å². The number of carbonyl (C=O) groups is 3. The van der Waals surface area contributed by atoms with E-state index in [2.05, 4.69) is 0 Å². The van der Waals surface area contributed by atoms with Crippen molar-refractivity contribution in [1.82, 2.24) is 0 Å². The number of benzene rings is 3. The van der Waals surface area contributed by atoms with Crippen LogP contribution < -0.4 is 14.4 Å². The molecule has 1 unspecified atom stereocenters. The molecule has 3 aromatic rings. The smallest absolute Gasteiger partial charge is 0.308 e. The molecule has 1 aliphatic rings. The number of anilines is 1. The lowest BCUT2D eigenvalue weighted by atomic mass is 9.94. The molecule has 0 radical (unpaired) electrons. The third-order valence-corrected chi connectivity index (χ3v) is 6.09. The van der Waals surface area contributed by atoms with Crippen LogP contribution in [0.1, 0.15) is 35.2 Å². The summed E-state index contributed by atoms with van der Waals surface area (Å²) in [5.74, 6) is -1.88. The van der Waals surface area contributed by atoms with Gasteiger partial charge in [0.2, 0.25) is 0 Å². The highest BCUT2D eigenvalue weighted by Crippen LogP contribution is 2.43. The first-order chi connectivity index (χ1) is 17.1. The van der Waals surface area contributed by atoms with E-state index in [1.165, 1.54) is 25.0 Å². The number of ether oxygens (including phenoxy) is 2. The fraction of sp³-hybridized carbons (Fsp3) is 0.179. The summed E-state index contributed by atoms with van der Waals surface area (Å²) in [7, 11) is 1.46. The summed E-state index contributed by atoms with van der Waals surface area (Å²) in [4.78, 5) is 39.7. The first kappa shape index (κ1) is 25.0. The number of rotatable bonds is 5. The number of carbonyl (C=O) groups excluding carboxylic acids is 3. The SMILES string of the molecule is COc1ccc(/C(O)=C2\C(=O)C(=O)N(c3cc(C)cc(C)c3)C2c2cccc(OC(C)=O)c2)cc1Cl. The molecule has 36 heavy (non-hydrogen) atoms. The number of hydrogen-bond acceptors (Lipinski definition) is 6. The summed E-state index contributed by atoms with van der Waals surface area (Å²) in [6.07, 6.45) is 0. The molecule has 1 amide bonds. The van der Waals surface area contributed by atoms with Crippen molar-refractivity contribution in [3.8, 4) is 11.5 Å². The normalized spacial score (nSPS) is 16.8. The van der Waals surface area contributed by atoms with Gasteiger partial charge in [0.05, 0.1) is 23.7 Å². The minimum absolute atomic E-state index is 0.111. The van der Waals surface area contributed by atoms with Crippen molar-refractivity contribution in [1.29, 1.82) is 0 Å². The van der Waals surface area contributed by atoms with Crippen LogP contribution in [0, 0.1) is 13.8 Å². The number of nitrogens with zero attached hydrogens (tertiary/aromatic N) is 1. The molecule has 0 aliphatic carbocycles. The Bertz CT molecular complexity index is 1410. The fourth-order valence-electron chi connectivity index (χ4n) is 4.39. The molecule has 1 fully saturated rings. The molecule has 1 saturated heterocycles. The van der Waals surface area contributed by atoms with Gasteiger partial charge >= 0.3 is 5.97 Å². The van der Waals surface area contributed by atoms with Gasteiger partial charge in [0.15, 0.2) is 0 Å². The quantitative estimate of drug-likeness (QED) is 0.161. The summed E-state index contributed by atoms with van der Waals surface area (Å²) < 4.78 is 10.4. The number of Topliss-reactive ketones (excluding diaryl/α,β-unsaturated/α-hetero) is 1. The lowest BCUT2D eigenvalue weighted by Gasteiger charge is -2.26. The third kappa shape index (κ3) is 4.70. The molecule has 8 heteroatoms. The number of methoxy groups -OCH3 is 1. The van der Waals surface area contributed by atoms with Crippen LogP contribution in [0.2, 0.25) is 5.02 Å². The highest BCUT2D eigenvalue weighted by molar-refractivity contribution is 6.51. The summed E-state index contributed by atoms with van der Waals surface area (Å²) >= 11 is 6.26. The van der Waals surface area contributed by atoms with E-state index < -0.39 is 23.7 Å². The van der Waals surface area contributed by atoms with Crippen molar-refractivity contribution in [3.63, 3.8) is 0 Å². The molecule has 7 nitrogen and oxygen atoms in total. The molecule has 1 aliphatic heterocycles. The van der Waals surface area contributed by atoms with Crippen LogP contribution in [0.5, 0.6) is 11.5 Å². The van der Waals surface area contributed by atoms with Crippen molar-refractivity contribution in [3.05, 3.63) is 93.5 Å². The number of esters is 1. The molecular formula is C28H24ClNO6. The summed E-state index contributed by atoms with van der Waals surface area (Å²) in [6, 6.07) is 15.7. The van der Waals surface area contributed by atoms with Crippen LogP contribution >= 0.6 is 11.6 Å². The van der Waals surface area contributed by atoms with E-state index in [1.807, 2.05) is 19.9 Å². The number of aryl methyl sites for hydroxylation is 2. The van der Waals surface area contributed by atoms with Gasteiger partial charge in [-0.1, -0.05) is 29.8 Å². The Kier molecular flexibility index (Phi) is 6.86. The van der Waals surface area contributed by atoms with Gasteiger partial charge < -0.3 is 14.6 Å². The number of ketones is 1. The van der Waals surface area contributed by atoms with Crippen molar-refractivity contribution < 1.29 is 29.0 Å². The number of aliphatic hydroxyl groups excluding tert-OH is 1. The predicted molar refractivity (Wildman–Crippen MR) is 136 cm³/mol. The molecule has 184 valence electrons. The second-order valence-electron chi connectivity index (χ2n) is 8.53. The first-order valence-corrected chi connectivity index (χ1v) is 11.5. The average molecular weight is 506 g/mol. The number of aliphatic hydroxyl groups is 1. The Morgan fingerprint density at radius 1 is 1.00 bits per heavy atom. The maximum absolute atomic E-state index is 13.4. The minimum atomic E-state index is -0.984. The number of amides is 1. The molecule has 1 heterocycles. The van der Waals surface area contributed by atoms with Gasteiger partial charge in [0, 0.05) is 18.2 Å². The van der Waals surface area contributed by atoms with Crippen molar-refractivity contribution >= 4 is 40.7 Å². The van der Waals surface area contributed by atoms with Crippen LogP contribution in [0.4, 0.5) is 5.69 Å². The molecule has 1 atom stereocenters. The summed E-state index contributed by atoms with van der Waals surface area (Å²) in [5.41, 5.74) is 2.93. The standard InChI is InChI=1S/C28H24ClNO6/c1-15-10-16(2)12-20(11-15)30-25(18-6-5-7-21(13-18)36-17(3)31)24(27(33)28(30)34)26(32)19-8-9-23(35-4)22(29)14-19/h5-14,25,32H,1-4H3/b26-24+. The number of hydrogen-bond donors (Lipinski definition) is 1. The Labute approximate surface area is 213 Å². The van der Waals surface area contributed by atoms with E-state index in [-0.39, 0.29) is 27.7 Å². The first-order valence-electron chi connectivity index (χ1n) is 11.1. The molecule has 1 N–H and O–H groups in total. The van der Waals surface area contributed by atoms with E-state index in [0.29, 0.717) is 17.0 Å². The molecular weight excluding hydrogens is 482 g/mol. The third-order valence-electron chi connectivity index (χ3n) is 5.79. The second kappa shape index (κ2) is 9.87. The van der Waals surface area contributed by atoms with Crippen LogP contribution in [-0.2, 0) is 14.4 Å².